The second-order valence-electron chi connectivity index (χ2n) is 5.38. The minimum atomic E-state index is -0.0558. The maximum absolute atomic E-state index is 12.2. The minimum Gasteiger partial charge on any atom is -0.508 e. The van der Waals surface area contributed by atoms with Crippen LogP contribution in [0.5, 0.6) is 5.75 Å². The van der Waals surface area contributed by atoms with Crippen molar-refractivity contribution in [2.75, 3.05) is 26.2 Å². The molecule has 0 unspecified atom stereocenters. The number of hydrogen-bond acceptors (Lipinski definition) is 4. The summed E-state index contributed by atoms with van der Waals surface area (Å²) in [6.07, 6.45) is 1.92. The molecule has 110 valence electrons. The Balaban J connectivity index is 1.89. The first-order valence-electron chi connectivity index (χ1n) is 7.13. The number of nitrogens with zero attached hydrogens (tertiary/aromatic N) is 1. The van der Waals surface area contributed by atoms with E-state index in [0.717, 1.165) is 38.0 Å². The zero-order chi connectivity index (χ0) is 14.5. The summed E-state index contributed by atoms with van der Waals surface area (Å²) in [4.78, 5) is 14.6. The lowest BCUT2D eigenvalue weighted by Crippen LogP contribution is -2.45. The van der Waals surface area contributed by atoms with Crippen LogP contribution in [0.15, 0.2) is 18.2 Å². The normalized spacial score (nSPS) is 17.1. The number of carbonyl (C=O) groups excluding carboxylic acids is 1. The van der Waals surface area contributed by atoms with Gasteiger partial charge >= 0.3 is 0 Å². The average molecular weight is 277 g/mol. The molecule has 1 aliphatic heterocycles. The molecule has 0 radical (unpaired) electrons. The molecule has 5 nitrogen and oxygen atoms in total. The van der Waals surface area contributed by atoms with Gasteiger partial charge < -0.3 is 21.1 Å². The molecule has 1 heterocycles. The van der Waals surface area contributed by atoms with Gasteiger partial charge in [-0.15, -0.1) is 0 Å². The Hall–Kier alpha value is -1.59. The first kappa shape index (κ1) is 14.8. The number of amides is 1. The molecule has 2 rings (SSSR count). The van der Waals surface area contributed by atoms with Crippen molar-refractivity contribution in [1.82, 2.24) is 10.2 Å². The van der Waals surface area contributed by atoms with Crippen LogP contribution in [0, 0.1) is 6.92 Å². The second kappa shape index (κ2) is 6.72. The third kappa shape index (κ3) is 3.71. The maximum Gasteiger partial charge on any atom is 0.251 e. The molecule has 0 saturated carbocycles. The largest absolute Gasteiger partial charge is 0.508 e. The van der Waals surface area contributed by atoms with Gasteiger partial charge in [-0.1, -0.05) is 0 Å². The molecule has 1 aromatic carbocycles. The number of aryl methyl sites for hydroxylation is 1. The Morgan fingerprint density at radius 1 is 1.45 bits per heavy atom. The first-order valence-corrected chi connectivity index (χ1v) is 7.13. The quantitative estimate of drug-likeness (QED) is 0.762. The molecule has 4 N–H and O–H groups in total. The fourth-order valence-corrected chi connectivity index (χ4v) is 2.65. The van der Waals surface area contributed by atoms with Crippen LogP contribution in [0.1, 0.15) is 28.8 Å². The van der Waals surface area contributed by atoms with E-state index in [1.54, 1.807) is 18.2 Å². The van der Waals surface area contributed by atoms with Crippen LogP contribution in [0.4, 0.5) is 0 Å². The van der Waals surface area contributed by atoms with Gasteiger partial charge in [-0.25, -0.2) is 0 Å². The van der Waals surface area contributed by atoms with Crippen LogP contribution in [-0.2, 0) is 0 Å². The summed E-state index contributed by atoms with van der Waals surface area (Å²) in [6.45, 7) is 5.41. The Labute approximate surface area is 119 Å². The van der Waals surface area contributed by atoms with Gasteiger partial charge in [-0.3, -0.25) is 4.79 Å². The van der Waals surface area contributed by atoms with E-state index in [-0.39, 0.29) is 17.7 Å². The lowest BCUT2D eigenvalue weighted by molar-refractivity contribution is 0.0911. The third-order valence-electron chi connectivity index (χ3n) is 3.82. The first-order chi connectivity index (χ1) is 9.60. The summed E-state index contributed by atoms with van der Waals surface area (Å²) < 4.78 is 0. The van der Waals surface area contributed by atoms with E-state index in [9.17, 15) is 9.90 Å². The smallest absolute Gasteiger partial charge is 0.251 e. The summed E-state index contributed by atoms with van der Waals surface area (Å²) in [7, 11) is 0. The van der Waals surface area contributed by atoms with Crippen molar-refractivity contribution in [2.45, 2.75) is 25.8 Å². The van der Waals surface area contributed by atoms with Gasteiger partial charge in [0.25, 0.3) is 5.91 Å². The number of benzene rings is 1. The fourth-order valence-electron chi connectivity index (χ4n) is 2.65. The predicted molar refractivity (Wildman–Crippen MR) is 78.8 cm³/mol. The van der Waals surface area contributed by atoms with Crippen LogP contribution in [0.2, 0.25) is 0 Å². The lowest BCUT2D eigenvalue weighted by atomic mass is 10.0. The summed E-state index contributed by atoms with van der Waals surface area (Å²) in [5.41, 5.74) is 6.97. The second-order valence-corrected chi connectivity index (χ2v) is 5.38. The summed E-state index contributed by atoms with van der Waals surface area (Å²) in [5.74, 6) is 0.133. The van der Waals surface area contributed by atoms with Crippen molar-refractivity contribution < 1.29 is 9.90 Å². The number of phenolic OH excluding ortho intramolecular Hbond substituents is 1. The zero-order valence-corrected chi connectivity index (χ0v) is 11.9. The van der Waals surface area contributed by atoms with Gasteiger partial charge in [0.1, 0.15) is 5.75 Å². The maximum atomic E-state index is 12.2. The van der Waals surface area contributed by atoms with Crippen molar-refractivity contribution in [1.29, 1.82) is 0 Å². The molecule has 1 saturated heterocycles. The number of carbonyl (C=O) groups is 1. The third-order valence-corrected chi connectivity index (χ3v) is 3.82. The number of phenols is 1. The summed E-state index contributed by atoms with van der Waals surface area (Å²) in [5, 5.41) is 12.5. The van der Waals surface area contributed by atoms with Crippen molar-refractivity contribution in [2.24, 2.45) is 5.73 Å². The van der Waals surface area contributed by atoms with Crippen LogP contribution in [0.25, 0.3) is 0 Å². The molecule has 1 aromatic rings. The Morgan fingerprint density at radius 3 is 2.75 bits per heavy atom. The monoisotopic (exact) mass is 277 g/mol. The highest BCUT2D eigenvalue weighted by atomic mass is 16.3. The van der Waals surface area contributed by atoms with Gasteiger partial charge in [-0.05, 0) is 43.5 Å². The lowest BCUT2D eigenvalue weighted by Gasteiger charge is -2.32. The molecular weight excluding hydrogens is 254 g/mol. The highest BCUT2D eigenvalue weighted by molar-refractivity contribution is 5.95. The van der Waals surface area contributed by atoms with Crippen LogP contribution >= 0.6 is 0 Å². The van der Waals surface area contributed by atoms with Crippen LogP contribution in [-0.4, -0.2) is 48.1 Å². The van der Waals surface area contributed by atoms with E-state index in [1.807, 2.05) is 6.92 Å². The standard InChI is InChI=1S/C15H23N3O2/c1-11-10-13(19)2-3-14(11)15(20)17-12-4-7-18(8-5-12)9-6-16/h2-3,10,12,19H,4-9,16H2,1H3,(H,17,20). The molecule has 1 amide bonds. The molecule has 0 bridgehead atoms. The number of nitrogens with one attached hydrogen (secondary N) is 1. The van der Waals surface area contributed by atoms with Gasteiger partial charge in [0.2, 0.25) is 0 Å². The molecule has 5 heteroatoms. The van der Waals surface area contributed by atoms with Gasteiger partial charge in [0.05, 0.1) is 0 Å². The molecule has 0 atom stereocenters. The number of rotatable bonds is 4. The highest BCUT2D eigenvalue weighted by Gasteiger charge is 2.21. The average Bonchev–Trinajstić information content (AvgIpc) is 2.41. The van der Waals surface area contributed by atoms with Crippen molar-refractivity contribution in [3.05, 3.63) is 29.3 Å². The molecule has 1 aliphatic rings. The Bertz CT molecular complexity index is 468. The number of likely N-dealkylation sites (tertiary alicyclic amines) is 1. The SMILES string of the molecule is Cc1cc(O)ccc1C(=O)NC1CCN(CCN)CC1. The molecular formula is C15H23N3O2. The topological polar surface area (TPSA) is 78.6 Å². The summed E-state index contributed by atoms with van der Waals surface area (Å²) >= 11 is 0. The molecule has 20 heavy (non-hydrogen) atoms. The molecule has 0 aromatic heterocycles. The number of aromatic hydroxyl groups is 1. The number of hydrogen-bond donors (Lipinski definition) is 3. The van der Waals surface area contributed by atoms with Crippen LogP contribution in [0.3, 0.4) is 0 Å². The van der Waals surface area contributed by atoms with Crippen LogP contribution < -0.4 is 11.1 Å². The molecule has 0 aliphatic carbocycles. The Morgan fingerprint density at radius 2 is 2.15 bits per heavy atom. The van der Waals surface area contributed by atoms with E-state index in [4.69, 9.17) is 5.73 Å². The van der Waals surface area contributed by atoms with E-state index < -0.39 is 0 Å². The predicted octanol–water partition coefficient (Wildman–Crippen LogP) is 0.854. The van der Waals surface area contributed by atoms with E-state index in [0.29, 0.717) is 12.1 Å². The summed E-state index contributed by atoms with van der Waals surface area (Å²) in [6, 6.07) is 5.05. The van der Waals surface area contributed by atoms with Crippen molar-refractivity contribution >= 4 is 5.91 Å². The molecule has 1 fully saturated rings. The van der Waals surface area contributed by atoms with E-state index in [2.05, 4.69) is 10.2 Å². The Kier molecular flexibility index (Phi) is 4.98. The van der Waals surface area contributed by atoms with Crippen molar-refractivity contribution in [3.8, 4) is 5.75 Å². The van der Waals surface area contributed by atoms with E-state index >= 15 is 0 Å². The highest BCUT2D eigenvalue weighted by Crippen LogP contribution is 2.17. The minimum absolute atomic E-state index is 0.0558. The van der Waals surface area contributed by atoms with Gasteiger partial charge in [0, 0.05) is 37.8 Å². The van der Waals surface area contributed by atoms with Gasteiger partial charge in [0.15, 0.2) is 0 Å². The fraction of sp³-hybridized carbons (Fsp3) is 0.533. The van der Waals surface area contributed by atoms with E-state index in [1.165, 1.54) is 0 Å². The zero-order valence-electron chi connectivity index (χ0n) is 11.9. The number of piperidine rings is 1. The van der Waals surface area contributed by atoms with Gasteiger partial charge in [-0.2, -0.15) is 0 Å². The number of nitrogens with two attached hydrogens (primary N) is 1. The van der Waals surface area contributed by atoms with Crippen molar-refractivity contribution in [3.63, 3.8) is 0 Å². The molecule has 0 spiro atoms.